The quantitative estimate of drug-likeness (QED) is 0.505. The maximum atomic E-state index is 10.9. The van der Waals surface area contributed by atoms with Crippen LogP contribution in [0.1, 0.15) is 6.92 Å². The molecule has 4 nitrogen and oxygen atoms in total. The summed E-state index contributed by atoms with van der Waals surface area (Å²) in [6, 6.07) is -0.287. The van der Waals surface area contributed by atoms with Crippen molar-refractivity contribution < 1.29 is 14.3 Å². The molecule has 0 aromatic carbocycles. The molecule has 1 heterocycles. The number of ether oxygens (including phenoxy) is 2. The molecule has 0 amide bonds. The van der Waals surface area contributed by atoms with Crippen LogP contribution in [0.15, 0.2) is 0 Å². The zero-order valence-electron chi connectivity index (χ0n) is 6.09. The predicted molar refractivity (Wildman–Crippen MR) is 34.4 cm³/mol. The van der Waals surface area contributed by atoms with Crippen LogP contribution in [0.5, 0.6) is 0 Å². The van der Waals surface area contributed by atoms with Gasteiger partial charge in [-0.2, -0.15) is 0 Å². The predicted octanol–water partition coefficient (Wildman–Crippen LogP) is -0.506. The van der Waals surface area contributed by atoms with E-state index in [0.29, 0.717) is 6.73 Å². The molecule has 0 radical (unpaired) electrons. The zero-order chi connectivity index (χ0) is 7.56. The summed E-state index contributed by atoms with van der Waals surface area (Å²) in [6.07, 6.45) is -0.0764. The molecule has 1 rings (SSSR count). The molecule has 0 saturated carbocycles. The van der Waals surface area contributed by atoms with Crippen LogP contribution in [-0.2, 0) is 14.3 Å². The van der Waals surface area contributed by atoms with Crippen LogP contribution in [0.3, 0.4) is 0 Å². The molecule has 1 aliphatic rings. The van der Waals surface area contributed by atoms with E-state index in [9.17, 15) is 4.79 Å². The summed E-state index contributed by atoms with van der Waals surface area (Å²) in [5.41, 5.74) is 0. The first-order valence-corrected chi connectivity index (χ1v) is 3.18. The lowest BCUT2D eigenvalue weighted by Crippen LogP contribution is -2.38. The van der Waals surface area contributed by atoms with E-state index < -0.39 is 0 Å². The van der Waals surface area contributed by atoms with Crippen LogP contribution < -0.4 is 5.32 Å². The Labute approximate surface area is 59.5 Å². The van der Waals surface area contributed by atoms with Gasteiger partial charge in [-0.15, -0.1) is 0 Å². The fraction of sp³-hybridized carbons (Fsp3) is 0.833. The van der Waals surface area contributed by atoms with Crippen molar-refractivity contribution in [2.24, 2.45) is 0 Å². The maximum absolute atomic E-state index is 10.9. The number of esters is 1. The van der Waals surface area contributed by atoms with Crippen LogP contribution in [0.4, 0.5) is 0 Å². The minimum absolute atomic E-state index is 0.0764. The van der Waals surface area contributed by atoms with Gasteiger partial charge in [0.2, 0.25) is 0 Å². The summed E-state index contributed by atoms with van der Waals surface area (Å²) >= 11 is 0. The highest BCUT2D eigenvalue weighted by atomic mass is 16.5. The number of methoxy groups -OCH3 is 1. The van der Waals surface area contributed by atoms with Crippen molar-refractivity contribution in [3.8, 4) is 0 Å². The van der Waals surface area contributed by atoms with E-state index in [2.05, 4.69) is 10.1 Å². The Morgan fingerprint density at radius 1 is 1.80 bits per heavy atom. The number of nitrogens with one attached hydrogen (secondary N) is 1. The SMILES string of the molecule is COC(=O)C1NCOC1C. The molecule has 1 saturated heterocycles. The maximum Gasteiger partial charge on any atom is 0.325 e. The summed E-state index contributed by atoms with van der Waals surface area (Å²) in [6.45, 7) is 2.27. The molecule has 2 atom stereocenters. The third-order valence-corrected chi connectivity index (χ3v) is 1.57. The van der Waals surface area contributed by atoms with Gasteiger partial charge in [0.15, 0.2) is 0 Å². The van der Waals surface area contributed by atoms with Crippen LogP contribution in [0, 0.1) is 0 Å². The summed E-state index contributed by atoms with van der Waals surface area (Å²) in [4.78, 5) is 10.9. The molecule has 0 aromatic heterocycles. The van der Waals surface area contributed by atoms with Crippen molar-refractivity contribution in [2.45, 2.75) is 19.1 Å². The first-order valence-electron chi connectivity index (χ1n) is 3.18. The molecule has 1 aliphatic heterocycles. The average molecular weight is 145 g/mol. The smallest absolute Gasteiger partial charge is 0.325 e. The van der Waals surface area contributed by atoms with Crippen molar-refractivity contribution in [3.05, 3.63) is 0 Å². The summed E-state index contributed by atoms with van der Waals surface area (Å²) in [7, 11) is 1.37. The van der Waals surface area contributed by atoms with Gasteiger partial charge in [-0.25, -0.2) is 0 Å². The fourth-order valence-corrected chi connectivity index (χ4v) is 0.933. The highest BCUT2D eigenvalue weighted by Gasteiger charge is 2.30. The van der Waals surface area contributed by atoms with Gasteiger partial charge in [0.05, 0.1) is 19.9 Å². The monoisotopic (exact) mass is 145 g/mol. The van der Waals surface area contributed by atoms with E-state index in [-0.39, 0.29) is 18.1 Å². The number of rotatable bonds is 1. The summed E-state index contributed by atoms with van der Waals surface area (Å²) in [5, 5.41) is 2.86. The van der Waals surface area contributed by atoms with Crippen molar-refractivity contribution in [1.82, 2.24) is 5.32 Å². The molecule has 0 spiro atoms. The molecule has 10 heavy (non-hydrogen) atoms. The highest BCUT2D eigenvalue weighted by Crippen LogP contribution is 2.06. The molecule has 1 fully saturated rings. The molecule has 2 unspecified atom stereocenters. The molecule has 0 aromatic rings. The molecule has 0 bridgehead atoms. The topological polar surface area (TPSA) is 47.6 Å². The van der Waals surface area contributed by atoms with Gasteiger partial charge >= 0.3 is 5.97 Å². The lowest BCUT2D eigenvalue weighted by atomic mass is 10.2. The minimum Gasteiger partial charge on any atom is -0.468 e. The van der Waals surface area contributed by atoms with Crippen molar-refractivity contribution >= 4 is 5.97 Å². The number of carbonyl (C=O) groups excluding carboxylic acids is 1. The van der Waals surface area contributed by atoms with Crippen molar-refractivity contribution in [1.29, 1.82) is 0 Å². The van der Waals surface area contributed by atoms with E-state index in [4.69, 9.17) is 4.74 Å². The van der Waals surface area contributed by atoms with Gasteiger partial charge in [-0.1, -0.05) is 0 Å². The Hall–Kier alpha value is -0.610. The first kappa shape index (κ1) is 7.50. The lowest BCUT2D eigenvalue weighted by Gasteiger charge is -2.09. The van der Waals surface area contributed by atoms with Crippen molar-refractivity contribution in [3.63, 3.8) is 0 Å². The van der Waals surface area contributed by atoms with Crippen LogP contribution >= 0.6 is 0 Å². The van der Waals surface area contributed by atoms with Gasteiger partial charge in [-0.3, -0.25) is 10.1 Å². The van der Waals surface area contributed by atoms with Crippen molar-refractivity contribution in [2.75, 3.05) is 13.8 Å². The van der Waals surface area contributed by atoms with Crippen LogP contribution in [0.2, 0.25) is 0 Å². The normalized spacial score (nSPS) is 32.2. The first-order chi connectivity index (χ1) is 4.75. The van der Waals surface area contributed by atoms with E-state index in [1.54, 1.807) is 0 Å². The molecule has 4 heteroatoms. The Morgan fingerprint density at radius 2 is 2.50 bits per heavy atom. The molecule has 58 valence electrons. The summed E-state index contributed by atoms with van der Waals surface area (Å²) in [5.74, 6) is -0.259. The van der Waals surface area contributed by atoms with Gasteiger partial charge in [0.25, 0.3) is 0 Å². The molecule has 1 N–H and O–H groups in total. The molecule has 0 aliphatic carbocycles. The van der Waals surface area contributed by atoms with E-state index in [0.717, 1.165) is 0 Å². The van der Waals surface area contributed by atoms with E-state index >= 15 is 0 Å². The molecular formula is C6H11NO3. The van der Waals surface area contributed by atoms with Gasteiger partial charge in [0, 0.05) is 0 Å². The van der Waals surface area contributed by atoms with Gasteiger partial charge in [0.1, 0.15) is 6.04 Å². The summed E-state index contributed by atoms with van der Waals surface area (Å²) < 4.78 is 9.60. The third kappa shape index (κ3) is 1.27. The second kappa shape index (κ2) is 2.98. The van der Waals surface area contributed by atoms with E-state index in [1.807, 2.05) is 6.92 Å². The second-order valence-corrected chi connectivity index (χ2v) is 2.22. The minimum atomic E-state index is -0.287. The van der Waals surface area contributed by atoms with Gasteiger partial charge < -0.3 is 9.47 Å². The second-order valence-electron chi connectivity index (χ2n) is 2.22. The lowest BCUT2D eigenvalue weighted by molar-refractivity contribution is -0.143. The Morgan fingerprint density at radius 3 is 2.90 bits per heavy atom. The average Bonchev–Trinajstić information content (AvgIpc) is 2.34. The van der Waals surface area contributed by atoms with Gasteiger partial charge in [-0.05, 0) is 6.92 Å². The fourth-order valence-electron chi connectivity index (χ4n) is 0.933. The van der Waals surface area contributed by atoms with Crippen LogP contribution in [0.25, 0.3) is 0 Å². The Kier molecular flexibility index (Phi) is 2.24. The van der Waals surface area contributed by atoms with Crippen LogP contribution in [-0.4, -0.2) is 32.0 Å². The van der Waals surface area contributed by atoms with E-state index in [1.165, 1.54) is 7.11 Å². The zero-order valence-corrected chi connectivity index (χ0v) is 6.09. The number of hydrogen-bond donors (Lipinski definition) is 1. The Bertz CT molecular complexity index is 137. The number of carbonyl (C=O) groups is 1. The standard InChI is InChI=1S/C6H11NO3/c1-4-5(6(8)9-2)7-3-10-4/h4-5,7H,3H2,1-2H3. The largest absolute Gasteiger partial charge is 0.468 e. The molecular weight excluding hydrogens is 134 g/mol. The Balaban J connectivity index is 2.46. The highest BCUT2D eigenvalue weighted by molar-refractivity contribution is 5.76. The third-order valence-electron chi connectivity index (χ3n) is 1.57. The number of hydrogen-bond acceptors (Lipinski definition) is 4.